The fraction of sp³-hybridized carbons (Fsp3) is 0. The van der Waals surface area contributed by atoms with E-state index in [1.807, 2.05) is 0 Å². The van der Waals surface area contributed by atoms with E-state index in [2.05, 4.69) is 15.0 Å². The molecule has 0 bridgehead atoms. The molecule has 0 saturated carbocycles. The highest BCUT2D eigenvalue weighted by molar-refractivity contribution is 5.77. The molecule has 10 heavy (non-hydrogen) atoms. The van der Waals surface area contributed by atoms with E-state index in [1.165, 1.54) is 6.20 Å². The van der Waals surface area contributed by atoms with Crippen LogP contribution in [0.15, 0.2) is 28.4 Å². The van der Waals surface area contributed by atoms with Crippen molar-refractivity contribution in [1.82, 2.24) is 4.98 Å². The van der Waals surface area contributed by atoms with Crippen molar-refractivity contribution in [2.24, 2.45) is 9.98 Å². The molecular weight excluding hydrogens is 130 g/mol. The predicted octanol–water partition coefficient (Wildman–Crippen LogP) is -0.546. The molecule has 1 aromatic heterocycles. The molecule has 1 aliphatic heterocycles. The van der Waals surface area contributed by atoms with Crippen LogP contribution in [0.3, 0.4) is 0 Å². The molecule has 4 heteroatoms. The molecule has 0 atom stereocenters. The van der Waals surface area contributed by atoms with E-state index in [1.54, 1.807) is 12.3 Å². The van der Waals surface area contributed by atoms with Crippen LogP contribution in [-0.2, 0) is 0 Å². The molecule has 0 fully saturated rings. The molecule has 1 aromatic rings. The summed E-state index contributed by atoms with van der Waals surface area (Å²) in [6.07, 6.45) is 3.10. The van der Waals surface area contributed by atoms with Gasteiger partial charge in [-0.05, 0) is 6.07 Å². The summed E-state index contributed by atoms with van der Waals surface area (Å²) in [6, 6.07) is 1.21. The van der Waals surface area contributed by atoms with Crippen molar-refractivity contribution >= 4 is 6.03 Å². The molecule has 0 spiro atoms. The van der Waals surface area contributed by atoms with Crippen LogP contribution in [0, 0.1) is 0 Å². The molecule has 0 radical (unpaired) electrons. The summed E-state index contributed by atoms with van der Waals surface area (Å²) in [6.45, 7) is 0. The number of carbonyl (C=O) groups is 1. The summed E-state index contributed by atoms with van der Waals surface area (Å²) in [5.74, 6) is 0. The summed E-state index contributed by atoms with van der Waals surface area (Å²) < 4.78 is 0. The van der Waals surface area contributed by atoms with Gasteiger partial charge in [-0.3, -0.25) is 4.98 Å². The molecule has 2 heterocycles. The smallest absolute Gasteiger partial charge is 0.262 e. The molecule has 48 valence electrons. The summed E-state index contributed by atoms with van der Waals surface area (Å²) in [7, 11) is 0. The maximum atomic E-state index is 10.5. The van der Waals surface area contributed by atoms with Crippen LogP contribution in [0.5, 0.6) is 0 Å². The van der Waals surface area contributed by atoms with Gasteiger partial charge in [-0.25, -0.2) is 4.79 Å². The molecular formula is C6H3N3O. The molecule has 4 nitrogen and oxygen atoms in total. The second kappa shape index (κ2) is 1.70. The van der Waals surface area contributed by atoms with E-state index in [9.17, 15) is 4.79 Å². The predicted molar refractivity (Wildman–Crippen MR) is 31.9 cm³/mol. The Morgan fingerprint density at radius 1 is 1.20 bits per heavy atom. The fourth-order valence-electron chi connectivity index (χ4n) is 0.791. The lowest BCUT2D eigenvalue weighted by atomic mass is 10.4. The number of hydrogen-bond acceptors (Lipinski definition) is 2. The Morgan fingerprint density at radius 2 is 2.00 bits per heavy atom. The maximum Gasteiger partial charge on any atom is 0.368 e. The van der Waals surface area contributed by atoms with Crippen molar-refractivity contribution in [3.63, 3.8) is 0 Å². The first-order chi connectivity index (χ1) is 4.86. The largest absolute Gasteiger partial charge is 0.368 e. The third-order valence-electron chi connectivity index (χ3n) is 1.21. The van der Waals surface area contributed by atoms with E-state index < -0.39 is 6.03 Å². The third-order valence-corrected chi connectivity index (χ3v) is 1.21. The second-order valence-electron chi connectivity index (χ2n) is 1.87. The quantitative estimate of drug-likeness (QED) is 0.477. The van der Waals surface area contributed by atoms with Gasteiger partial charge in [0.05, 0.1) is 11.6 Å². The van der Waals surface area contributed by atoms with Gasteiger partial charge in [0, 0.05) is 6.20 Å². The van der Waals surface area contributed by atoms with Crippen LogP contribution in [0.4, 0.5) is 4.79 Å². The zero-order valence-electron chi connectivity index (χ0n) is 4.98. The number of hydrogen-bond donors (Lipinski definition) is 0. The van der Waals surface area contributed by atoms with Gasteiger partial charge in [0.25, 0.3) is 0 Å². The van der Waals surface area contributed by atoms with Crippen LogP contribution in [0.1, 0.15) is 0 Å². The minimum Gasteiger partial charge on any atom is -0.262 e. The SMILES string of the molecule is O=C1N=c2ccncc2=N1. The molecule has 0 aromatic carbocycles. The number of amides is 2. The molecule has 0 saturated heterocycles. The summed E-state index contributed by atoms with van der Waals surface area (Å²) in [4.78, 5) is 21.5. The van der Waals surface area contributed by atoms with Gasteiger partial charge in [0.15, 0.2) is 0 Å². The van der Waals surface area contributed by atoms with Gasteiger partial charge in [-0.15, -0.1) is 0 Å². The van der Waals surface area contributed by atoms with Gasteiger partial charge in [0.2, 0.25) is 0 Å². The number of aromatic nitrogens is 1. The summed E-state index contributed by atoms with van der Waals surface area (Å²) in [5.41, 5.74) is 0. The van der Waals surface area contributed by atoms with Crippen LogP contribution in [0.2, 0.25) is 0 Å². The lowest BCUT2D eigenvalue weighted by Gasteiger charge is -1.74. The first-order valence-electron chi connectivity index (χ1n) is 2.78. The lowest BCUT2D eigenvalue weighted by Crippen LogP contribution is -2.20. The number of nitrogens with zero attached hydrogens (tertiary/aromatic N) is 3. The zero-order valence-corrected chi connectivity index (χ0v) is 4.98. The average Bonchev–Trinajstić information content (AvgIpc) is 2.27. The molecule has 2 amide bonds. The van der Waals surface area contributed by atoms with Gasteiger partial charge >= 0.3 is 6.03 Å². The van der Waals surface area contributed by atoms with Crippen LogP contribution >= 0.6 is 0 Å². The number of pyridine rings is 1. The molecule has 0 N–H and O–H groups in total. The minimum absolute atomic E-state index is 0.442. The Kier molecular flexibility index (Phi) is 0.887. The number of fused-ring (bicyclic) bond motifs is 1. The number of urea groups is 1. The normalized spacial score (nSPS) is 13.8. The summed E-state index contributed by atoms with van der Waals surface area (Å²) in [5, 5.41) is 1.17. The highest BCUT2D eigenvalue weighted by Crippen LogP contribution is 1.81. The van der Waals surface area contributed by atoms with Gasteiger partial charge < -0.3 is 0 Å². The van der Waals surface area contributed by atoms with E-state index in [4.69, 9.17) is 0 Å². The van der Waals surface area contributed by atoms with Crippen molar-refractivity contribution in [2.45, 2.75) is 0 Å². The van der Waals surface area contributed by atoms with Crippen LogP contribution in [0.25, 0.3) is 0 Å². The van der Waals surface area contributed by atoms with Crippen LogP contribution in [-0.4, -0.2) is 11.0 Å². The standard InChI is InChI=1S/C6H3N3O/c10-6-8-4-1-2-7-3-5(4)9-6/h1-3H. The highest BCUT2D eigenvalue weighted by Gasteiger charge is 2.01. The van der Waals surface area contributed by atoms with Crippen molar-refractivity contribution in [2.75, 3.05) is 0 Å². The van der Waals surface area contributed by atoms with Gasteiger partial charge in [-0.2, -0.15) is 9.98 Å². The minimum atomic E-state index is -0.442. The summed E-state index contributed by atoms with van der Waals surface area (Å²) >= 11 is 0. The van der Waals surface area contributed by atoms with E-state index in [-0.39, 0.29) is 0 Å². The van der Waals surface area contributed by atoms with E-state index in [0.29, 0.717) is 10.7 Å². The first kappa shape index (κ1) is 5.22. The Labute approximate surface area is 56.0 Å². The fourth-order valence-corrected chi connectivity index (χ4v) is 0.791. The molecule has 0 aliphatic carbocycles. The highest BCUT2D eigenvalue weighted by atomic mass is 16.2. The molecule has 2 rings (SSSR count). The average molecular weight is 133 g/mol. The second-order valence-corrected chi connectivity index (χ2v) is 1.87. The van der Waals surface area contributed by atoms with Crippen molar-refractivity contribution in [3.8, 4) is 0 Å². The van der Waals surface area contributed by atoms with Crippen LogP contribution < -0.4 is 10.7 Å². The number of carbonyl (C=O) groups excluding carboxylic acids is 1. The Balaban J connectivity index is 2.96. The Morgan fingerprint density at radius 3 is 2.80 bits per heavy atom. The van der Waals surface area contributed by atoms with E-state index >= 15 is 0 Å². The van der Waals surface area contributed by atoms with Gasteiger partial charge in [-0.1, -0.05) is 0 Å². The topological polar surface area (TPSA) is 54.7 Å². The van der Waals surface area contributed by atoms with Crippen molar-refractivity contribution in [3.05, 3.63) is 29.2 Å². The maximum absolute atomic E-state index is 10.5. The zero-order chi connectivity index (χ0) is 6.97. The van der Waals surface area contributed by atoms with Crippen molar-refractivity contribution in [1.29, 1.82) is 0 Å². The van der Waals surface area contributed by atoms with Gasteiger partial charge in [0.1, 0.15) is 5.36 Å². The molecule has 1 aliphatic rings. The lowest BCUT2D eigenvalue weighted by molar-refractivity contribution is 0.256. The van der Waals surface area contributed by atoms with E-state index in [0.717, 1.165) is 0 Å². The number of rotatable bonds is 0. The first-order valence-corrected chi connectivity index (χ1v) is 2.78. The third kappa shape index (κ3) is 0.621. The molecule has 0 unspecified atom stereocenters. The Bertz CT molecular complexity index is 359. The van der Waals surface area contributed by atoms with Crippen molar-refractivity contribution < 1.29 is 4.79 Å². The monoisotopic (exact) mass is 133 g/mol. The Hall–Kier alpha value is -1.58.